The van der Waals surface area contributed by atoms with Crippen molar-refractivity contribution in [1.82, 2.24) is 9.88 Å². The number of fused-ring (bicyclic) bond motifs is 1. The highest BCUT2D eigenvalue weighted by atomic mass is 15.1. The number of pyridine rings is 1. The van der Waals surface area contributed by atoms with Crippen molar-refractivity contribution in [3.8, 4) is 0 Å². The molecule has 0 amide bonds. The van der Waals surface area contributed by atoms with E-state index in [1.165, 1.54) is 12.8 Å². The Bertz CT molecular complexity index is 590. The summed E-state index contributed by atoms with van der Waals surface area (Å²) in [6.45, 7) is 3.18. The lowest BCUT2D eigenvalue weighted by Gasteiger charge is -2.24. The number of hydrogen-bond donors (Lipinski definition) is 1. The molecule has 0 saturated heterocycles. The first-order valence-electron chi connectivity index (χ1n) is 6.99. The van der Waals surface area contributed by atoms with Crippen LogP contribution in [0.4, 0.5) is 5.69 Å². The average molecular weight is 255 g/mol. The van der Waals surface area contributed by atoms with E-state index in [0.717, 1.165) is 34.7 Å². The van der Waals surface area contributed by atoms with Gasteiger partial charge in [0, 0.05) is 23.7 Å². The molecule has 3 nitrogen and oxygen atoms in total. The molecule has 1 heterocycles. The van der Waals surface area contributed by atoms with Crippen molar-refractivity contribution >= 4 is 16.6 Å². The molecule has 1 saturated carbocycles. The van der Waals surface area contributed by atoms with Gasteiger partial charge in [-0.1, -0.05) is 18.2 Å². The first-order chi connectivity index (χ1) is 9.15. The predicted octanol–water partition coefficient (Wildman–Crippen LogP) is 3.05. The molecule has 1 aliphatic rings. The van der Waals surface area contributed by atoms with Crippen molar-refractivity contribution in [2.75, 3.05) is 12.8 Å². The van der Waals surface area contributed by atoms with Crippen LogP contribution in [0.2, 0.25) is 0 Å². The van der Waals surface area contributed by atoms with Crippen molar-refractivity contribution < 1.29 is 0 Å². The smallest absolute Gasteiger partial charge is 0.0726 e. The summed E-state index contributed by atoms with van der Waals surface area (Å²) in [5, 5.41) is 1.05. The summed E-state index contributed by atoms with van der Waals surface area (Å²) < 4.78 is 0. The summed E-state index contributed by atoms with van der Waals surface area (Å²) in [6.07, 6.45) is 2.75. The highest BCUT2D eigenvalue weighted by Crippen LogP contribution is 2.35. The van der Waals surface area contributed by atoms with Crippen molar-refractivity contribution in [1.29, 1.82) is 0 Å². The van der Waals surface area contributed by atoms with Gasteiger partial charge >= 0.3 is 0 Å². The Morgan fingerprint density at radius 3 is 2.84 bits per heavy atom. The Morgan fingerprint density at radius 2 is 2.11 bits per heavy atom. The van der Waals surface area contributed by atoms with Crippen LogP contribution < -0.4 is 5.73 Å². The molecular formula is C16H21N3. The van der Waals surface area contributed by atoms with Gasteiger partial charge in [-0.3, -0.25) is 9.88 Å². The van der Waals surface area contributed by atoms with Crippen molar-refractivity contribution in [2.45, 2.75) is 32.4 Å². The number of para-hydroxylation sites is 1. The van der Waals surface area contributed by atoms with Crippen LogP contribution in [-0.2, 0) is 6.54 Å². The quantitative estimate of drug-likeness (QED) is 0.913. The summed E-state index contributed by atoms with van der Waals surface area (Å²) in [5.41, 5.74) is 9.00. The minimum absolute atomic E-state index is 0.634. The zero-order valence-electron chi connectivity index (χ0n) is 11.6. The molecule has 0 aliphatic heterocycles. The standard InChI is InChI=1S/C16H21N3/c1-11(12-7-8-12)19(2)10-13-9-15(17)14-5-3-4-6-16(14)18-13/h3-6,9,11-12H,7-8,10H2,1-2H3,(H2,17,18). The number of aromatic nitrogens is 1. The Balaban J connectivity index is 1.84. The second kappa shape index (κ2) is 4.82. The third-order valence-electron chi connectivity index (χ3n) is 4.21. The fraction of sp³-hybridized carbons (Fsp3) is 0.438. The van der Waals surface area contributed by atoms with Gasteiger partial charge in [0.15, 0.2) is 0 Å². The molecule has 1 aromatic carbocycles. The van der Waals surface area contributed by atoms with Gasteiger partial charge in [0.05, 0.1) is 11.2 Å². The second-order valence-corrected chi connectivity index (χ2v) is 5.71. The van der Waals surface area contributed by atoms with E-state index >= 15 is 0 Å². The molecule has 0 radical (unpaired) electrons. The van der Waals surface area contributed by atoms with Crippen molar-refractivity contribution in [3.05, 3.63) is 36.0 Å². The average Bonchev–Trinajstić information content (AvgIpc) is 3.22. The van der Waals surface area contributed by atoms with E-state index in [1.807, 2.05) is 30.3 Å². The van der Waals surface area contributed by atoms with E-state index in [4.69, 9.17) is 10.7 Å². The molecule has 3 rings (SSSR count). The summed E-state index contributed by atoms with van der Waals surface area (Å²) in [4.78, 5) is 7.10. The Labute approximate surface area is 114 Å². The van der Waals surface area contributed by atoms with E-state index in [9.17, 15) is 0 Å². The number of anilines is 1. The molecule has 2 N–H and O–H groups in total. The van der Waals surface area contributed by atoms with Crippen molar-refractivity contribution in [3.63, 3.8) is 0 Å². The molecule has 2 aromatic rings. The summed E-state index contributed by atoms with van der Waals surface area (Å²) in [7, 11) is 2.18. The van der Waals surface area contributed by atoms with Gasteiger partial charge in [-0.2, -0.15) is 0 Å². The van der Waals surface area contributed by atoms with Crippen LogP contribution in [-0.4, -0.2) is 23.0 Å². The van der Waals surface area contributed by atoms with Gasteiger partial charge in [-0.15, -0.1) is 0 Å². The second-order valence-electron chi connectivity index (χ2n) is 5.71. The summed E-state index contributed by atoms with van der Waals surface area (Å²) >= 11 is 0. The number of benzene rings is 1. The lowest BCUT2D eigenvalue weighted by Crippen LogP contribution is -2.30. The molecule has 1 unspecified atom stereocenters. The first-order valence-corrected chi connectivity index (χ1v) is 6.99. The number of nitrogens with zero attached hydrogens (tertiary/aromatic N) is 2. The predicted molar refractivity (Wildman–Crippen MR) is 79.8 cm³/mol. The molecule has 1 aromatic heterocycles. The van der Waals surface area contributed by atoms with Gasteiger partial charge in [0.1, 0.15) is 0 Å². The number of nitrogen functional groups attached to an aromatic ring is 1. The maximum atomic E-state index is 6.12. The lowest BCUT2D eigenvalue weighted by molar-refractivity contribution is 0.224. The summed E-state index contributed by atoms with van der Waals surface area (Å²) in [5.74, 6) is 0.878. The largest absolute Gasteiger partial charge is 0.398 e. The van der Waals surface area contributed by atoms with E-state index < -0.39 is 0 Å². The van der Waals surface area contributed by atoms with Gasteiger partial charge in [-0.05, 0) is 44.9 Å². The van der Waals surface area contributed by atoms with E-state index in [-0.39, 0.29) is 0 Å². The molecule has 3 heteroatoms. The van der Waals surface area contributed by atoms with Crippen LogP contribution in [0.25, 0.3) is 10.9 Å². The molecule has 1 fully saturated rings. The highest BCUT2D eigenvalue weighted by molar-refractivity contribution is 5.90. The molecular weight excluding hydrogens is 234 g/mol. The third-order valence-corrected chi connectivity index (χ3v) is 4.21. The summed E-state index contributed by atoms with van der Waals surface area (Å²) in [6, 6.07) is 10.7. The monoisotopic (exact) mass is 255 g/mol. The minimum Gasteiger partial charge on any atom is -0.398 e. The Hall–Kier alpha value is -1.61. The highest BCUT2D eigenvalue weighted by Gasteiger charge is 2.30. The molecule has 19 heavy (non-hydrogen) atoms. The topological polar surface area (TPSA) is 42.1 Å². The van der Waals surface area contributed by atoms with Gasteiger partial charge in [0.25, 0.3) is 0 Å². The van der Waals surface area contributed by atoms with Gasteiger partial charge in [0.2, 0.25) is 0 Å². The molecule has 0 spiro atoms. The molecule has 0 bridgehead atoms. The minimum atomic E-state index is 0.634. The lowest BCUT2D eigenvalue weighted by atomic mass is 10.1. The Morgan fingerprint density at radius 1 is 1.37 bits per heavy atom. The first kappa shape index (κ1) is 12.4. The number of hydrogen-bond acceptors (Lipinski definition) is 3. The number of rotatable bonds is 4. The number of nitrogens with two attached hydrogens (primary N) is 1. The zero-order chi connectivity index (χ0) is 13.4. The fourth-order valence-electron chi connectivity index (χ4n) is 2.68. The van der Waals surface area contributed by atoms with Crippen LogP contribution in [0.1, 0.15) is 25.5 Å². The van der Waals surface area contributed by atoms with E-state index in [0.29, 0.717) is 6.04 Å². The molecule has 100 valence electrons. The van der Waals surface area contributed by atoms with Crippen LogP contribution >= 0.6 is 0 Å². The van der Waals surface area contributed by atoms with E-state index in [2.05, 4.69) is 18.9 Å². The third kappa shape index (κ3) is 2.56. The van der Waals surface area contributed by atoms with Gasteiger partial charge < -0.3 is 5.73 Å². The van der Waals surface area contributed by atoms with Gasteiger partial charge in [-0.25, -0.2) is 0 Å². The molecule has 1 atom stereocenters. The van der Waals surface area contributed by atoms with Crippen LogP contribution in [0.15, 0.2) is 30.3 Å². The van der Waals surface area contributed by atoms with Crippen LogP contribution in [0, 0.1) is 5.92 Å². The fourth-order valence-corrected chi connectivity index (χ4v) is 2.68. The maximum Gasteiger partial charge on any atom is 0.0726 e. The molecule has 1 aliphatic carbocycles. The Kier molecular flexibility index (Phi) is 3.15. The van der Waals surface area contributed by atoms with Crippen LogP contribution in [0.5, 0.6) is 0 Å². The van der Waals surface area contributed by atoms with E-state index in [1.54, 1.807) is 0 Å². The van der Waals surface area contributed by atoms with Crippen molar-refractivity contribution in [2.24, 2.45) is 5.92 Å². The SMILES string of the molecule is CC(C1CC1)N(C)Cc1cc(N)c2ccccc2n1. The zero-order valence-corrected chi connectivity index (χ0v) is 11.6. The normalized spacial score (nSPS) is 17.0. The maximum absolute atomic E-state index is 6.12. The van der Waals surface area contributed by atoms with Crippen LogP contribution in [0.3, 0.4) is 0 Å².